The first-order valence-electron chi connectivity index (χ1n) is 13.5. The number of halogens is 3. The van der Waals surface area contributed by atoms with Gasteiger partial charge in [-0.1, -0.05) is 52.0 Å². The number of aliphatic carboxylic acids is 1. The smallest absolute Gasteiger partial charge is 0.417 e. The molecule has 0 spiro atoms. The molecular formula is C28H38F3N3O5S2. The van der Waals surface area contributed by atoms with Crippen molar-refractivity contribution in [3.05, 3.63) is 34.5 Å². The summed E-state index contributed by atoms with van der Waals surface area (Å²) in [4.78, 5) is 28.2. The van der Waals surface area contributed by atoms with E-state index >= 15 is 0 Å². The van der Waals surface area contributed by atoms with Crippen LogP contribution >= 0.6 is 11.3 Å². The third-order valence-electron chi connectivity index (χ3n) is 6.73. The molecule has 0 unspecified atom stereocenters. The average molecular weight is 618 g/mol. The lowest BCUT2D eigenvalue weighted by molar-refractivity contribution is -0.140. The summed E-state index contributed by atoms with van der Waals surface area (Å²) in [6, 6.07) is 3.08. The molecule has 1 aromatic heterocycles. The van der Waals surface area contributed by atoms with Crippen LogP contribution in [0.1, 0.15) is 94.2 Å². The number of amides is 1. The van der Waals surface area contributed by atoms with Crippen LogP contribution in [0.3, 0.4) is 0 Å². The number of alkyl halides is 3. The van der Waals surface area contributed by atoms with Gasteiger partial charge in [-0.2, -0.15) is 13.2 Å². The Balaban J connectivity index is 2.05. The number of thiazole rings is 1. The van der Waals surface area contributed by atoms with Crippen LogP contribution in [0.25, 0.3) is 10.4 Å². The maximum absolute atomic E-state index is 14.2. The quantitative estimate of drug-likeness (QED) is 0.289. The Bertz CT molecular complexity index is 1370. The highest BCUT2D eigenvalue weighted by molar-refractivity contribution is 7.89. The summed E-state index contributed by atoms with van der Waals surface area (Å²) in [7, 11) is -4.49. The Kier molecular flexibility index (Phi) is 9.97. The van der Waals surface area contributed by atoms with E-state index < -0.39 is 49.5 Å². The van der Waals surface area contributed by atoms with Gasteiger partial charge < -0.3 is 10.4 Å². The number of aromatic nitrogens is 1. The van der Waals surface area contributed by atoms with E-state index in [9.17, 15) is 31.2 Å². The summed E-state index contributed by atoms with van der Waals surface area (Å²) in [5.41, 5.74) is -2.40. The zero-order valence-corrected chi connectivity index (χ0v) is 25.6. The predicted octanol–water partition coefficient (Wildman–Crippen LogP) is 6.26. The van der Waals surface area contributed by atoms with E-state index in [4.69, 9.17) is 5.11 Å². The molecule has 1 aliphatic rings. The molecule has 228 valence electrons. The first-order chi connectivity index (χ1) is 18.8. The number of carboxylic acid groups (broad SMARTS) is 1. The topological polar surface area (TPSA) is 125 Å². The highest BCUT2D eigenvalue weighted by Crippen LogP contribution is 2.40. The Morgan fingerprint density at radius 1 is 1.07 bits per heavy atom. The number of hydrogen-bond donors (Lipinski definition) is 3. The molecule has 1 saturated carbocycles. The monoisotopic (exact) mass is 617 g/mol. The molecule has 3 rings (SSSR count). The molecule has 2 aromatic rings. The van der Waals surface area contributed by atoms with Crippen LogP contribution in [-0.4, -0.2) is 42.5 Å². The van der Waals surface area contributed by atoms with E-state index in [-0.39, 0.29) is 29.5 Å². The van der Waals surface area contributed by atoms with E-state index in [1.54, 1.807) is 13.8 Å². The number of benzene rings is 1. The zero-order valence-electron chi connectivity index (χ0n) is 23.9. The molecule has 13 heteroatoms. The molecule has 0 saturated heterocycles. The summed E-state index contributed by atoms with van der Waals surface area (Å²) >= 11 is 0.945. The summed E-state index contributed by atoms with van der Waals surface area (Å²) in [6.07, 6.45) is 0.468. The van der Waals surface area contributed by atoms with Crippen molar-refractivity contribution in [1.82, 2.24) is 15.0 Å². The van der Waals surface area contributed by atoms with E-state index in [1.165, 1.54) is 26.8 Å². The Labute approximate surface area is 243 Å². The molecule has 1 aliphatic carbocycles. The van der Waals surface area contributed by atoms with Crippen LogP contribution in [-0.2, 0) is 27.4 Å². The molecule has 0 aliphatic heterocycles. The minimum absolute atomic E-state index is 0.0524. The number of sulfonamides is 1. The lowest BCUT2D eigenvalue weighted by Gasteiger charge is -2.23. The van der Waals surface area contributed by atoms with Gasteiger partial charge in [-0.15, -0.1) is 11.3 Å². The number of carbonyl (C=O) groups is 2. The van der Waals surface area contributed by atoms with Gasteiger partial charge in [0.15, 0.2) is 5.01 Å². The zero-order chi connectivity index (χ0) is 30.8. The second-order valence-electron chi connectivity index (χ2n) is 12.5. The summed E-state index contributed by atoms with van der Waals surface area (Å²) in [6.45, 7) is 8.08. The molecule has 0 radical (unpaired) electrons. The number of nitrogens with zero attached hydrogens (tertiary/aromatic N) is 1. The third kappa shape index (κ3) is 9.24. The molecule has 0 atom stereocenters. The van der Waals surface area contributed by atoms with Gasteiger partial charge in [-0.25, -0.2) is 18.1 Å². The SMILES string of the molecule is CC(C)(CNC(=O)c1nc(CC2CCCCC2)c(-c2ccc(S(=O)(=O)NC(C)(C)C)c(C(F)(F)F)c2)s1)CC(=O)O. The number of carbonyl (C=O) groups excluding carboxylic acids is 1. The van der Waals surface area contributed by atoms with E-state index in [1.807, 2.05) is 0 Å². The molecular weight excluding hydrogens is 579 g/mol. The number of rotatable bonds is 10. The summed E-state index contributed by atoms with van der Waals surface area (Å²) < 4.78 is 70.7. The van der Waals surface area contributed by atoms with Crippen LogP contribution in [0.5, 0.6) is 0 Å². The maximum atomic E-state index is 14.2. The molecule has 3 N–H and O–H groups in total. The lowest BCUT2D eigenvalue weighted by Crippen LogP contribution is -2.41. The van der Waals surface area contributed by atoms with Gasteiger partial charge in [-0.05, 0) is 56.2 Å². The fourth-order valence-corrected chi connectivity index (χ4v) is 7.56. The lowest BCUT2D eigenvalue weighted by atomic mass is 9.85. The highest BCUT2D eigenvalue weighted by atomic mass is 32.2. The van der Waals surface area contributed by atoms with Crippen LogP contribution in [0.4, 0.5) is 13.2 Å². The fraction of sp³-hybridized carbons (Fsp3) is 0.607. The molecule has 1 aromatic carbocycles. The largest absolute Gasteiger partial charge is 0.481 e. The van der Waals surface area contributed by atoms with Crippen molar-refractivity contribution in [2.24, 2.45) is 11.3 Å². The van der Waals surface area contributed by atoms with Crippen LogP contribution < -0.4 is 10.0 Å². The Morgan fingerprint density at radius 2 is 1.71 bits per heavy atom. The molecule has 41 heavy (non-hydrogen) atoms. The second kappa shape index (κ2) is 12.4. The van der Waals surface area contributed by atoms with Gasteiger partial charge in [0.1, 0.15) is 0 Å². The van der Waals surface area contributed by atoms with Crippen LogP contribution in [0, 0.1) is 11.3 Å². The van der Waals surface area contributed by atoms with E-state index in [2.05, 4.69) is 15.0 Å². The van der Waals surface area contributed by atoms with Crippen molar-refractivity contribution in [2.75, 3.05) is 6.54 Å². The highest BCUT2D eigenvalue weighted by Gasteiger charge is 2.39. The normalized spacial score (nSPS) is 15.6. The summed E-state index contributed by atoms with van der Waals surface area (Å²) in [5, 5.41) is 11.9. The first-order valence-corrected chi connectivity index (χ1v) is 15.8. The van der Waals surface area contributed by atoms with Gasteiger partial charge in [0, 0.05) is 12.1 Å². The number of carboxylic acids is 1. The molecule has 0 bridgehead atoms. The Hall–Kier alpha value is -2.51. The van der Waals surface area contributed by atoms with Gasteiger partial charge in [-0.3, -0.25) is 9.59 Å². The van der Waals surface area contributed by atoms with Crippen molar-refractivity contribution < 1.29 is 36.3 Å². The van der Waals surface area contributed by atoms with Crippen molar-refractivity contribution >= 4 is 33.2 Å². The van der Waals surface area contributed by atoms with E-state index in [0.717, 1.165) is 55.6 Å². The minimum atomic E-state index is -4.96. The van der Waals surface area contributed by atoms with Gasteiger partial charge >= 0.3 is 12.1 Å². The molecule has 1 fully saturated rings. The summed E-state index contributed by atoms with van der Waals surface area (Å²) in [5.74, 6) is -1.28. The van der Waals surface area contributed by atoms with Crippen molar-refractivity contribution in [3.63, 3.8) is 0 Å². The van der Waals surface area contributed by atoms with Crippen LogP contribution in [0.2, 0.25) is 0 Å². The maximum Gasteiger partial charge on any atom is 0.417 e. The van der Waals surface area contributed by atoms with Crippen LogP contribution in [0.15, 0.2) is 23.1 Å². The first kappa shape index (κ1) is 33.0. The fourth-order valence-electron chi connectivity index (χ4n) is 4.93. The minimum Gasteiger partial charge on any atom is -0.481 e. The predicted molar refractivity (Wildman–Crippen MR) is 151 cm³/mol. The standard InChI is InChI=1S/C28H38F3N3O5S2/c1-26(2,3)34-41(38,39)21-12-11-18(14-19(21)28(29,30)31)23-20(13-17-9-7-6-8-10-17)33-25(40-23)24(37)32-16-27(4,5)15-22(35)36/h11-12,14,17,34H,6-10,13,15-16H2,1-5H3,(H,32,37)(H,35,36). The van der Waals surface area contributed by atoms with Gasteiger partial charge in [0.25, 0.3) is 5.91 Å². The molecule has 1 amide bonds. The van der Waals surface area contributed by atoms with Gasteiger partial charge in [0.2, 0.25) is 10.0 Å². The number of hydrogen-bond acceptors (Lipinski definition) is 6. The van der Waals surface area contributed by atoms with Gasteiger partial charge in [0.05, 0.1) is 27.5 Å². The molecule has 8 nitrogen and oxygen atoms in total. The van der Waals surface area contributed by atoms with Crippen molar-refractivity contribution in [1.29, 1.82) is 0 Å². The van der Waals surface area contributed by atoms with E-state index in [0.29, 0.717) is 17.0 Å². The third-order valence-corrected chi connectivity index (χ3v) is 9.69. The molecule has 1 heterocycles. The van der Waals surface area contributed by atoms with Crippen molar-refractivity contribution in [2.45, 2.75) is 96.2 Å². The average Bonchev–Trinajstić information content (AvgIpc) is 3.24. The van der Waals surface area contributed by atoms with Crippen molar-refractivity contribution in [3.8, 4) is 10.4 Å². The number of nitrogens with one attached hydrogen (secondary N) is 2. The Morgan fingerprint density at radius 3 is 2.27 bits per heavy atom. The second-order valence-corrected chi connectivity index (χ2v) is 15.1.